The second kappa shape index (κ2) is 6.16. The second-order valence-corrected chi connectivity index (χ2v) is 8.20. The summed E-state index contributed by atoms with van der Waals surface area (Å²) < 4.78 is 11.6. The highest BCUT2D eigenvalue weighted by Crippen LogP contribution is 2.40. The first-order valence-electron chi connectivity index (χ1n) is 9.76. The normalized spacial score (nSPS) is 31.9. The van der Waals surface area contributed by atoms with Crippen molar-refractivity contribution >= 4 is 11.9 Å². The Morgan fingerprint density at radius 3 is 2.92 bits per heavy atom. The summed E-state index contributed by atoms with van der Waals surface area (Å²) >= 11 is 0. The maximum Gasteiger partial charge on any atom is 0.225 e. The number of carbonyl (C=O) groups excluding carboxylic acids is 1. The molecule has 1 saturated carbocycles. The van der Waals surface area contributed by atoms with E-state index in [1.165, 1.54) is 0 Å². The number of piperidine rings is 1. The van der Waals surface area contributed by atoms with Crippen LogP contribution in [0.5, 0.6) is 0 Å². The van der Waals surface area contributed by atoms with E-state index in [0.29, 0.717) is 19.1 Å². The Labute approximate surface area is 153 Å². The van der Waals surface area contributed by atoms with Crippen LogP contribution in [0.4, 0.5) is 5.95 Å². The molecule has 3 aliphatic heterocycles. The number of fused-ring (bicyclic) bond motifs is 1. The van der Waals surface area contributed by atoms with Crippen molar-refractivity contribution in [3.8, 4) is 0 Å². The molecule has 1 aromatic rings. The molecule has 1 aliphatic carbocycles. The molecule has 4 aliphatic rings. The summed E-state index contributed by atoms with van der Waals surface area (Å²) in [6.07, 6.45) is 5.63. The van der Waals surface area contributed by atoms with Gasteiger partial charge in [-0.1, -0.05) is 6.92 Å². The molecule has 0 aromatic carbocycles. The molecule has 3 atom stereocenters. The Balaban J connectivity index is 1.24. The minimum absolute atomic E-state index is 0.138. The molecule has 0 bridgehead atoms. The van der Waals surface area contributed by atoms with Gasteiger partial charge in [-0.2, -0.15) is 0 Å². The lowest BCUT2D eigenvalue weighted by atomic mass is 9.84. The summed E-state index contributed by atoms with van der Waals surface area (Å²) in [6.45, 7) is 5.79. The number of hydrogen-bond acceptors (Lipinski definition) is 6. The van der Waals surface area contributed by atoms with E-state index in [2.05, 4.69) is 27.1 Å². The van der Waals surface area contributed by atoms with Crippen LogP contribution in [-0.4, -0.2) is 47.2 Å². The van der Waals surface area contributed by atoms with E-state index in [1.807, 2.05) is 6.20 Å². The van der Waals surface area contributed by atoms with E-state index < -0.39 is 0 Å². The summed E-state index contributed by atoms with van der Waals surface area (Å²) in [5.74, 6) is 1.76. The molecular weight excluding hydrogens is 332 g/mol. The summed E-state index contributed by atoms with van der Waals surface area (Å²) in [4.78, 5) is 23.8. The zero-order valence-corrected chi connectivity index (χ0v) is 15.2. The molecule has 140 valence electrons. The fraction of sp³-hybridized carbons (Fsp3) is 0.737. The van der Waals surface area contributed by atoms with Gasteiger partial charge in [0.1, 0.15) is 0 Å². The van der Waals surface area contributed by atoms with E-state index in [-0.39, 0.29) is 23.5 Å². The lowest BCUT2D eigenvalue weighted by Gasteiger charge is -2.42. The van der Waals surface area contributed by atoms with Gasteiger partial charge in [0.25, 0.3) is 0 Å². The predicted molar refractivity (Wildman–Crippen MR) is 94.5 cm³/mol. The third kappa shape index (κ3) is 2.77. The SMILES string of the molecule is C[C@@H]1C[C@H]1C(=O)NC1CCOC12CCN(c1ncc3c(n1)COC3)CC2. The van der Waals surface area contributed by atoms with Crippen LogP contribution < -0.4 is 10.2 Å². The number of nitrogens with one attached hydrogen (secondary N) is 1. The summed E-state index contributed by atoms with van der Waals surface area (Å²) in [5, 5.41) is 3.29. The Bertz CT molecular complexity index is 717. The van der Waals surface area contributed by atoms with Crippen LogP contribution >= 0.6 is 0 Å². The van der Waals surface area contributed by atoms with Crippen molar-refractivity contribution in [1.29, 1.82) is 0 Å². The van der Waals surface area contributed by atoms with E-state index in [9.17, 15) is 4.79 Å². The number of nitrogens with zero attached hydrogens (tertiary/aromatic N) is 3. The van der Waals surface area contributed by atoms with Crippen LogP contribution in [-0.2, 0) is 27.5 Å². The molecule has 5 rings (SSSR count). The monoisotopic (exact) mass is 358 g/mol. The molecule has 7 heteroatoms. The molecular formula is C19H26N4O3. The average Bonchev–Trinajstić information content (AvgIpc) is 3.04. The van der Waals surface area contributed by atoms with Gasteiger partial charge in [-0.05, 0) is 31.6 Å². The first-order chi connectivity index (χ1) is 12.6. The van der Waals surface area contributed by atoms with Gasteiger partial charge in [-0.15, -0.1) is 0 Å². The highest BCUT2D eigenvalue weighted by Gasteiger charge is 2.49. The maximum atomic E-state index is 12.4. The first-order valence-corrected chi connectivity index (χ1v) is 9.76. The summed E-state index contributed by atoms with van der Waals surface area (Å²) in [6, 6.07) is 0.138. The largest absolute Gasteiger partial charge is 0.373 e. The zero-order chi connectivity index (χ0) is 17.7. The molecule has 1 unspecified atom stereocenters. The molecule has 3 fully saturated rings. The maximum absolute atomic E-state index is 12.4. The van der Waals surface area contributed by atoms with E-state index in [1.54, 1.807) is 0 Å². The number of amides is 1. The first kappa shape index (κ1) is 16.4. The smallest absolute Gasteiger partial charge is 0.225 e. The third-order valence-electron chi connectivity index (χ3n) is 6.52. The lowest BCUT2D eigenvalue weighted by Crippen LogP contribution is -2.56. The van der Waals surface area contributed by atoms with Gasteiger partial charge in [-0.25, -0.2) is 9.97 Å². The number of rotatable bonds is 3. The molecule has 1 aromatic heterocycles. The summed E-state index contributed by atoms with van der Waals surface area (Å²) in [7, 11) is 0. The van der Waals surface area contributed by atoms with Crippen LogP contribution in [0.25, 0.3) is 0 Å². The molecule has 0 radical (unpaired) electrons. The highest BCUT2D eigenvalue weighted by atomic mass is 16.5. The fourth-order valence-electron chi connectivity index (χ4n) is 4.58. The highest BCUT2D eigenvalue weighted by molar-refractivity contribution is 5.81. The van der Waals surface area contributed by atoms with Gasteiger partial charge >= 0.3 is 0 Å². The second-order valence-electron chi connectivity index (χ2n) is 8.20. The van der Waals surface area contributed by atoms with Crippen molar-refractivity contribution in [3.05, 3.63) is 17.5 Å². The average molecular weight is 358 g/mol. The topological polar surface area (TPSA) is 76.6 Å². The van der Waals surface area contributed by atoms with Crippen molar-refractivity contribution in [2.24, 2.45) is 11.8 Å². The molecule has 1 amide bonds. The van der Waals surface area contributed by atoms with Crippen LogP contribution in [0.15, 0.2) is 6.20 Å². The van der Waals surface area contributed by atoms with Gasteiger partial charge in [0.05, 0.1) is 30.6 Å². The van der Waals surface area contributed by atoms with Crippen molar-refractivity contribution < 1.29 is 14.3 Å². The minimum atomic E-state index is -0.218. The third-order valence-corrected chi connectivity index (χ3v) is 6.52. The number of anilines is 1. The van der Waals surface area contributed by atoms with E-state index >= 15 is 0 Å². The number of carbonyl (C=O) groups is 1. The van der Waals surface area contributed by atoms with Gasteiger partial charge in [0, 0.05) is 37.4 Å². The predicted octanol–water partition coefficient (Wildman–Crippen LogP) is 1.41. The minimum Gasteiger partial charge on any atom is -0.373 e. The zero-order valence-electron chi connectivity index (χ0n) is 15.2. The molecule has 26 heavy (non-hydrogen) atoms. The Morgan fingerprint density at radius 1 is 1.35 bits per heavy atom. The quantitative estimate of drug-likeness (QED) is 0.880. The number of ether oxygens (including phenoxy) is 2. The molecule has 1 N–H and O–H groups in total. The van der Waals surface area contributed by atoms with Gasteiger partial charge < -0.3 is 19.7 Å². The Kier molecular flexibility index (Phi) is 3.90. The van der Waals surface area contributed by atoms with Crippen LogP contribution in [0, 0.1) is 11.8 Å². The van der Waals surface area contributed by atoms with E-state index in [4.69, 9.17) is 9.47 Å². The molecule has 1 spiro atoms. The van der Waals surface area contributed by atoms with Gasteiger partial charge in [-0.3, -0.25) is 4.79 Å². The van der Waals surface area contributed by atoms with Gasteiger partial charge in [0.15, 0.2) is 0 Å². The van der Waals surface area contributed by atoms with Crippen LogP contribution in [0.3, 0.4) is 0 Å². The Morgan fingerprint density at radius 2 is 2.15 bits per heavy atom. The van der Waals surface area contributed by atoms with Gasteiger partial charge in [0.2, 0.25) is 11.9 Å². The molecule has 7 nitrogen and oxygen atoms in total. The van der Waals surface area contributed by atoms with Crippen molar-refractivity contribution in [1.82, 2.24) is 15.3 Å². The Hall–Kier alpha value is -1.73. The van der Waals surface area contributed by atoms with Crippen molar-refractivity contribution in [2.75, 3.05) is 24.6 Å². The van der Waals surface area contributed by atoms with Crippen molar-refractivity contribution in [2.45, 2.75) is 57.5 Å². The number of hydrogen-bond donors (Lipinski definition) is 1. The standard InChI is InChI=1S/C19H26N4O3/c1-12-8-14(12)17(24)22-16-2-7-26-19(16)3-5-23(6-4-19)18-20-9-13-10-25-11-15(13)21-18/h9,12,14,16H,2-8,10-11H2,1H3,(H,22,24)/t12-,14-,16?/m1/s1. The summed E-state index contributed by atoms with van der Waals surface area (Å²) in [5.41, 5.74) is 1.89. The van der Waals surface area contributed by atoms with Crippen molar-refractivity contribution in [3.63, 3.8) is 0 Å². The number of aromatic nitrogens is 2. The lowest BCUT2D eigenvalue weighted by molar-refractivity contribution is -0.125. The molecule has 4 heterocycles. The van der Waals surface area contributed by atoms with Crippen LogP contribution in [0.2, 0.25) is 0 Å². The fourth-order valence-corrected chi connectivity index (χ4v) is 4.58. The van der Waals surface area contributed by atoms with Crippen LogP contribution in [0.1, 0.15) is 43.9 Å². The van der Waals surface area contributed by atoms with E-state index in [0.717, 1.165) is 62.6 Å². The molecule has 2 saturated heterocycles.